The predicted molar refractivity (Wildman–Crippen MR) is 102 cm³/mol. The Bertz CT molecular complexity index is 830. The quantitative estimate of drug-likeness (QED) is 0.460. The van der Waals surface area contributed by atoms with E-state index in [1.54, 1.807) is 6.07 Å². The van der Waals surface area contributed by atoms with Crippen molar-refractivity contribution in [1.82, 2.24) is 5.43 Å². The van der Waals surface area contributed by atoms with Crippen molar-refractivity contribution in [2.75, 3.05) is 24.6 Å². The van der Waals surface area contributed by atoms with Crippen LogP contribution in [0, 0.1) is 10.1 Å². The summed E-state index contributed by atoms with van der Waals surface area (Å²) in [7, 11) is 0. The van der Waals surface area contributed by atoms with Gasteiger partial charge in [-0.25, -0.2) is 5.43 Å². The summed E-state index contributed by atoms with van der Waals surface area (Å²) in [5.41, 5.74) is 4.20. The molecule has 27 heavy (non-hydrogen) atoms. The molecule has 1 saturated heterocycles. The molecular formula is C19H20N4O4. The molecule has 1 heterocycles. The molecule has 0 aromatic heterocycles. The first-order chi connectivity index (χ1) is 13.1. The third kappa shape index (κ3) is 5.04. The highest BCUT2D eigenvalue weighted by Gasteiger charge is 2.14. The van der Waals surface area contributed by atoms with Crippen LogP contribution in [0.3, 0.4) is 0 Å². The van der Waals surface area contributed by atoms with Crippen molar-refractivity contribution in [2.45, 2.75) is 12.8 Å². The number of hydrazone groups is 1. The number of hydrogen-bond acceptors (Lipinski definition) is 6. The van der Waals surface area contributed by atoms with Crippen LogP contribution in [0.15, 0.2) is 53.6 Å². The van der Waals surface area contributed by atoms with E-state index in [9.17, 15) is 14.9 Å². The number of hydrogen-bond donors (Lipinski definition) is 1. The van der Waals surface area contributed by atoms with Crippen LogP contribution in [0.1, 0.15) is 18.4 Å². The Balaban J connectivity index is 1.48. The molecule has 3 rings (SSSR count). The third-order valence-electron chi connectivity index (χ3n) is 4.19. The fourth-order valence-corrected chi connectivity index (χ4v) is 2.83. The number of ether oxygens (including phenoxy) is 1. The van der Waals surface area contributed by atoms with Crippen molar-refractivity contribution in [3.05, 3.63) is 64.2 Å². The number of nitro groups is 1. The largest absolute Gasteiger partial charge is 0.477 e. The maximum Gasteiger partial charge on any atom is 0.310 e. The Kier molecular flexibility index (Phi) is 5.98. The molecule has 1 fully saturated rings. The zero-order chi connectivity index (χ0) is 19.1. The van der Waals surface area contributed by atoms with Gasteiger partial charge in [-0.1, -0.05) is 24.3 Å². The van der Waals surface area contributed by atoms with E-state index in [0.29, 0.717) is 0 Å². The minimum Gasteiger partial charge on any atom is -0.477 e. The molecule has 1 aliphatic rings. The minimum atomic E-state index is -0.558. The number of rotatable bonds is 7. The van der Waals surface area contributed by atoms with E-state index in [4.69, 9.17) is 4.74 Å². The molecule has 1 amide bonds. The van der Waals surface area contributed by atoms with Crippen LogP contribution in [0.25, 0.3) is 0 Å². The zero-order valence-electron chi connectivity index (χ0n) is 14.7. The van der Waals surface area contributed by atoms with Gasteiger partial charge in [0.2, 0.25) is 0 Å². The monoisotopic (exact) mass is 368 g/mol. The third-order valence-corrected chi connectivity index (χ3v) is 4.19. The highest BCUT2D eigenvalue weighted by molar-refractivity contribution is 5.83. The van der Waals surface area contributed by atoms with E-state index in [1.165, 1.54) is 42.9 Å². The Morgan fingerprint density at radius 3 is 2.59 bits per heavy atom. The summed E-state index contributed by atoms with van der Waals surface area (Å²) in [6.07, 6.45) is 3.99. The van der Waals surface area contributed by atoms with Crippen LogP contribution < -0.4 is 15.1 Å². The number of amides is 1. The van der Waals surface area contributed by atoms with Crippen molar-refractivity contribution >= 4 is 23.5 Å². The minimum absolute atomic E-state index is 0.0409. The highest BCUT2D eigenvalue weighted by Crippen LogP contribution is 2.25. The molecule has 8 heteroatoms. The highest BCUT2D eigenvalue weighted by atomic mass is 16.6. The molecule has 0 bridgehead atoms. The summed E-state index contributed by atoms with van der Waals surface area (Å²) in [6.45, 7) is 1.81. The maximum atomic E-state index is 11.8. The molecule has 2 aromatic carbocycles. The lowest BCUT2D eigenvalue weighted by Gasteiger charge is -2.17. The van der Waals surface area contributed by atoms with Crippen LogP contribution in [0.5, 0.6) is 5.75 Å². The number of nitrogens with zero attached hydrogens (tertiary/aromatic N) is 3. The van der Waals surface area contributed by atoms with E-state index < -0.39 is 10.8 Å². The second kappa shape index (κ2) is 8.79. The molecule has 0 spiro atoms. The molecule has 0 radical (unpaired) electrons. The number of anilines is 1. The summed E-state index contributed by atoms with van der Waals surface area (Å²) in [5.74, 6) is -0.461. The molecule has 0 aliphatic carbocycles. The van der Waals surface area contributed by atoms with Gasteiger partial charge < -0.3 is 9.64 Å². The zero-order valence-corrected chi connectivity index (χ0v) is 14.7. The first-order valence-electron chi connectivity index (χ1n) is 8.66. The second-order valence-electron chi connectivity index (χ2n) is 6.09. The fraction of sp³-hybridized carbons (Fsp3) is 0.263. The Morgan fingerprint density at radius 1 is 1.19 bits per heavy atom. The van der Waals surface area contributed by atoms with Gasteiger partial charge in [0, 0.05) is 24.8 Å². The lowest BCUT2D eigenvalue weighted by molar-refractivity contribution is -0.385. The lowest BCUT2D eigenvalue weighted by Crippen LogP contribution is -2.24. The predicted octanol–water partition coefficient (Wildman–Crippen LogP) is 2.72. The van der Waals surface area contributed by atoms with E-state index in [-0.39, 0.29) is 18.0 Å². The molecule has 1 aliphatic heterocycles. The number of nitrogens with one attached hydrogen (secondary N) is 1. The smallest absolute Gasteiger partial charge is 0.310 e. The van der Waals surface area contributed by atoms with Crippen molar-refractivity contribution in [1.29, 1.82) is 0 Å². The summed E-state index contributed by atoms with van der Waals surface area (Å²) in [5, 5.41) is 14.8. The van der Waals surface area contributed by atoms with E-state index >= 15 is 0 Å². The first kappa shape index (κ1) is 18.4. The summed E-state index contributed by atoms with van der Waals surface area (Å²) in [6, 6.07) is 13.8. The molecule has 0 atom stereocenters. The summed E-state index contributed by atoms with van der Waals surface area (Å²) in [4.78, 5) is 24.5. The summed E-state index contributed by atoms with van der Waals surface area (Å²) < 4.78 is 5.20. The van der Waals surface area contributed by atoms with Crippen LogP contribution in [0.4, 0.5) is 11.4 Å². The van der Waals surface area contributed by atoms with Gasteiger partial charge in [0.25, 0.3) is 5.91 Å². The number of benzene rings is 2. The van der Waals surface area contributed by atoms with Gasteiger partial charge in [-0.05, 0) is 36.6 Å². The van der Waals surface area contributed by atoms with Crippen LogP contribution in [-0.2, 0) is 4.79 Å². The second-order valence-corrected chi connectivity index (χ2v) is 6.09. The normalized spacial score (nSPS) is 13.7. The molecule has 8 nitrogen and oxygen atoms in total. The van der Waals surface area contributed by atoms with Crippen molar-refractivity contribution < 1.29 is 14.5 Å². The van der Waals surface area contributed by atoms with Crippen LogP contribution >= 0.6 is 0 Å². The van der Waals surface area contributed by atoms with Gasteiger partial charge in [0.1, 0.15) is 0 Å². The molecule has 0 saturated carbocycles. The molecule has 140 valence electrons. The van der Waals surface area contributed by atoms with E-state index in [2.05, 4.69) is 15.4 Å². The number of carbonyl (C=O) groups is 1. The lowest BCUT2D eigenvalue weighted by atomic mass is 10.2. The van der Waals surface area contributed by atoms with Gasteiger partial charge in [0.15, 0.2) is 12.4 Å². The molecule has 0 unspecified atom stereocenters. The first-order valence-corrected chi connectivity index (χ1v) is 8.66. The average molecular weight is 368 g/mol. The molecular weight excluding hydrogens is 348 g/mol. The maximum absolute atomic E-state index is 11.8. The number of para-hydroxylation sites is 2. The Hall–Kier alpha value is -3.42. The van der Waals surface area contributed by atoms with Crippen molar-refractivity contribution in [3.63, 3.8) is 0 Å². The number of nitro benzene ring substituents is 1. The van der Waals surface area contributed by atoms with Gasteiger partial charge in [-0.2, -0.15) is 5.10 Å². The summed E-state index contributed by atoms with van der Waals surface area (Å²) >= 11 is 0. The van der Waals surface area contributed by atoms with Crippen molar-refractivity contribution in [3.8, 4) is 5.75 Å². The molecule has 2 aromatic rings. The van der Waals surface area contributed by atoms with E-state index in [0.717, 1.165) is 18.7 Å². The fourth-order valence-electron chi connectivity index (χ4n) is 2.83. The van der Waals surface area contributed by atoms with Crippen molar-refractivity contribution in [2.24, 2.45) is 5.10 Å². The number of carbonyl (C=O) groups excluding carboxylic acids is 1. The average Bonchev–Trinajstić information content (AvgIpc) is 3.22. The van der Waals surface area contributed by atoms with Crippen LogP contribution in [-0.4, -0.2) is 36.7 Å². The standard InChI is InChI=1S/C19H20N4O4/c24-19(14-27-18-6-2-1-5-17(18)23(25)26)21-20-13-15-7-9-16(10-8-15)22-11-3-4-12-22/h1-2,5-10,13H,3-4,11-12,14H2,(H,21,24)/b20-13-. The molecule has 1 N–H and O–H groups in total. The van der Waals surface area contributed by atoms with Gasteiger partial charge in [0.05, 0.1) is 11.1 Å². The SMILES string of the molecule is O=C(COc1ccccc1[N+](=O)[O-])N/N=C\c1ccc(N2CCCC2)cc1. The van der Waals surface area contributed by atoms with E-state index in [1.807, 2.05) is 24.3 Å². The van der Waals surface area contributed by atoms with Gasteiger partial charge in [-0.15, -0.1) is 0 Å². The topological polar surface area (TPSA) is 97.1 Å². The van der Waals surface area contributed by atoms with Crippen LogP contribution in [0.2, 0.25) is 0 Å². The Labute approximate surface area is 156 Å². The Morgan fingerprint density at radius 2 is 1.89 bits per heavy atom. The van der Waals surface area contributed by atoms with Gasteiger partial charge >= 0.3 is 5.69 Å². The van der Waals surface area contributed by atoms with Gasteiger partial charge in [-0.3, -0.25) is 14.9 Å².